The first-order chi connectivity index (χ1) is 12.6. The van der Waals surface area contributed by atoms with E-state index in [4.69, 9.17) is 5.73 Å². The molecule has 1 aromatic heterocycles. The number of ketones is 1. The smallest absolute Gasteiger partial charge is 0.229 e. The minimum Gasteiger partial charge on any atom is -0.369 e. The van der Waals surface area contributed by atoms with Crippen LogP contribution in [0.25, 0.3) is 0 Å². The Hall–Kier alpha value is -2.91. The maximum atomic E-state index is 11.4. The number of nitrogens with zero attached hydrogens (tertiary/aromatic N) is 2. The number of Topliss-reactive ketones (excluding diaryl/α,β-unsaturated/α-hetero) is 1. The van der Waals surface area contributed by atoms with E-state index in [9.17, 15) is 4.79 Å². The predicted octanol–water partition coefficient (Wildman–Crippen LogP) is 3.34. The van der Waals surface area contributed by atoms with Crippen LogP contribution >= 0.6 is 0 Å². The lowest BCUT2D eigenvalue weighted by atomic mass is 10.1. The van der Waals surface area contributed by atoms with Gasteiger partial charge in [-0.2, -0.15) is 4.98 Å². The number of nitrogens with two attached hydrogens (primary N) is 1. The molecule has 0 aliphatic heterocycles. The summed E-state index contributed by atoms with van der Waals surface area (Å²) in [6, 6.07) is 7.22. The van der Waals surface area contributed by atoms with Gasteiger partial charge in [-0.05, 0) is 50.6 Å². The maximum Gasteiger partial charge on any atom is 0.229 e. The van der Waals surface area contributed by atoms with Gasteiger partial charge in [-0.1, -0.05) is 18.8 Å². The van der Waals surface area contributed by atoms with E-state index in [1.54, 1.807) is 25.3 Å². The molecule has 0 spiro atoms. The largest absolute Gasteiger partial charge is 0.369 e. The molecule has 2 aromatic rings. The molecule has 0 atom stereocenters. The highest BCUT2D eigenvalue weighted by atomic mass is 16.1. The fourth-order valence-corrected chi connectivity index (χ4v) is 2.18. The third-order valence-electron chi connectivity index (χ3n) is 3.61. The molecule has 0 aliphatic rings. The standard InChI is InChI=1S/C20H25N5O/c1-3-13-22-19-17(7-5-4-6-12-21)14-23-20(25-19)24-18-10-8-16(9-11-18)15(2)26/h8-11,14H,3-4,6,12-13,21H2,1-2H3,(H2,22,23,24,25). The van der Waals surface area contributed by atoms with Gasteiger partial charge in [-0.15, -0.1) is 0 Å². The summed E-state index contributed by atoms with van der Waals surface area (Å²) in [6.45, 7) is 5.08. The first-order valence-corrected chi connectivity index (χ1v) is 8.82. The molecule has 6 nitrogen and oxygen atoms in total. The van der Waals surface area contributed by atoms with Gasteiger partial charge in [-0.25, -0.2) is 4.98 Å². The second kappa shape index (κ2) is 10.2. The summed E-state index contributed by atoms with van der Waals surface area (Å²) >= 11 is 0. The second-order valence-corrected chi connectivity index (χ2v) is 5.84. The summed E-state index contributed by atoms with van der Waals surface area (Å²) in [5, 5.41) is 6.44. The number of hydrogen-bond donors (Lipinski definition) is 3. The third-order valence-corrected chi connectivity index (χ3v) is 3.61. The van der Waals surface area contributed by atoms with E-state index >= 15 is 0 Å². The molecule has 0 radical (unpaired) electrons. The summed E-state index contributed by atoms with van der Waals surface area (Å²) in [6.07, 6.45) is 4.33. The number of nitrogens with one attached hydrogen (secondary N) is 2. The van der Waals surface area contributed by atoms with Crippen molar-refractivity contribution >= 4 is 23.2 Å². The zero-order chi connectivity index (χ0) is 18.8. The summed E-state index contributed by atoms with van der Waals surface area (Å²) in [5.41, 5.74) is 7.75. The average Bonchev–Trinajstić information content (AvgIpc) is 2.65. The van der Waals surface area contributed by atoms with Crippen molar-refractivity contribution in [2.24, 2.45) is 5.73 Å². The Morgan fingerprint density at radius 3 is 2.69 bits per heavy atom. The van der Waals surface area contributed by atoms with Gasteiger partial charge >= 0.3 is 0 Å². The van der Waals surface area contributed by atoms with Crippen molar-refractivity contribution < 1.29 is 4.79 Å². The number of rotatable bonds is 8. The monoisotopic (exact) mass is 351 g/mol. The lowest BCUT2D eigenvalue weighted by Gasteiger charge is -2.10. The van der Waals surface area contributed by atoms with E-state index in [-0.39, 0.29) is 5.78 Å². The van der Waals surface area contributed by atoms with Gasteiger partial charge in [0.05, 0.1) is 11.8 Å². The molecule has 136 valence electrons. The molecule has 6 heteroatoms. The number of anilines is 3. The number of benzene rings is 1. The highest BCUT2D eigenvalue weighted by molar-refractivity contribution is 5.94. The number of carbonyl (C=O) groups excluding carboxylic acids is 1. The van der Waals surface area contributed by atoms with Gasteiger partial charge in [-0.3, -0.25) is 4.79 Å². The molecule has 0 fully saturated rings. The van der Waals surface area contributed by atoms with Crippen molar-refractivity contribution in [3.63, 3.8) is 0 Å². The number of unbranched alkanes of at least 4 members (excludes halogenated alkanes) is 1. The Labute approximate surface area is 154 Å². The zero-order valence-electron chi connectivity index (χ0n) is 15.3. The molecule has 2 rings (SSSR count). The molecule has 4 N–H and O–H groups in total. The first-order valence-electron chi connectivity index (χ1n) is 8.82. The maximum absolute atomic E-state index is 11.4. The van der Waals surface area contributed by atoms with Crippen LogP contribution in [0.5, 0.6) is 0 Å². The Kier molecular flexibility index (Phi) is 7.59. The lowest BCUT2D eigenvalue weighted by Crippen LogP contribution is -2.07. The van der Waals surface area contributed by atoms with E-state index in [0.29, 0.717) is 23.9 Å². The van der Waals surface area contributed by atoms with Gasteiger partial charge < -0.3 is 16.4 Å². The molecule has 0 amide bonds. The molecular formula is C20H25N5O. The van der Waals surface area contributed by atoms with Crippen molar-refractivity contribution in [3.8, 4) is 11.8 Å². The van der Waals surface area contributed by atoms with E-state index in [1.165, 1.54) is 0 Å². The van der Waals surface area contributed by atoms with Crippen LogP contribution in [0.2, 0.25) is 0 Å². The first kappa shape index (κ1) is 19.4. The Morgan fingerprint density at radius 2 is 2.04 bits per heavy atom. The van der Waals surface area contributed by atoms with Crippen LogP contribution in [0.1, 0.15) is 49.0 Å². The fourth-order valence-electron chi connectivity index (χ4n) is 2.18. The van der Waals surface area contributed by atoms with Gasteiger partial charge in [0.1, 0.15) is 5.82 Å². The minimum absolute atomic E-state index is 0.0383. The highest BCUT2D eigenvalue weighted by Crippen LogP contribution is 2.18. The van der Waals surface area contributed by atoms with E-state index < -0.39 is 0 Å². The summed E-state index contributed by atoms with van der Waals surface area (Å²) in [4.78, 5) is 20.2. The second-order valence-electron chi connectivity index (χ2n) is 5.84. The molecule has 0 bridgehead atoms. The van der Waals surface area contributed by atoms with Crippen molar-refractivity contribution in [2.45, 2.75) is 33.1 Å². The van der Waals surface area contributed by atoms with Gasteiger partial charge in [0.25, 0.3) is 0 Å². The topological polar surface area (TPSA) is 92.9 Å². The Balaban J connectivity index is 2.17. The SMILES string of the molecule is CCCNc1nc(Nc2ccc(C(C)=O)cc2)ncc1C#CCCCN. The van der Waals surface area contributed by atoms with E-state index in [0.717, 1.165) is 37.1 Å². The number of carbonyl (C=O) groups is 1. The lowest BCUT2D eigenvalue weighted by molar-refractivity contribution is 0.101. The average molecular weight is 351 g/mol. The van der Waals surface area contributed by atoms with Crippen LogP contribution in [-0.2, 0) is 0 Å². The van der Waals surface area contributed by atoms with E-state index in [2.05, 4.69) is 39.4 Å². The Bertz CT molecular complexity index is 790. The molecule has 0 aliphatic carbocycles. The zero-order valence-corrected chi connectivity index (χ0v) is 15.3. The normalized spacial score (nSPS) is 9.96. The van der Waals surface area contributed by atoms with Crippen LogP contribution in [0, 0.1) is 11.8 Å². The van der Waals surface area contributed by atoms with Crippen LogP contribution in [0.4, 0.5) is 17.5 Å². The minimum atomic E-state index is 0.0383. The molecule has 0 saturated carbocycles. The fraction of sp³-hybridized carbons (Fsp3) is 0.350. The number of hydrogen-bond acceptors (Lipinski definition) is 6. The summed E-state index contributed by atoms with van der Waals surface area (Å²) < 4.78 is 0. The summed E-state index contributed by atoms with van der Waals surface area (Å²) in [7, 11) is 0. The number of aromatic nitrogens is 2. The van der Waals surface area contributed by atoms with Crippen LogP contribution in [0.15, 0.2) is 30.5 Å². The molecule has 0 unspecified atom stereocenters. The molecular weight excluding hydrogens is 326 g/mol. The predicted molar refractivity (Wildman–Crippen MR) is 106 cm³/mol. The molecule has 26 heavy (non-hydrogen) atoms. The van der Waals surface area contributed by atoms with Crippen LogP contribution < -0.4 is 16.4 Å². The van der Waals surface area contributed by atoms with Crippen molar-refractivity contribution in [2.75, 3.05) is 23.7 Å². The quantitative estimate of drug-likeness (QED) is 0.384. The van der Waals surface area contributed by atoms with Crippen molar-refractivity contribution in [1.29, 1.82) is 0 Å². The third kappa shape index (κ3) is 5.87. The van der Waals surface area contributed by atoms with Crippen molar-refractivity contribution in [1.82, 2.24) is 9.97 Å². The van der Waals surface area contributed by atoms with Crippen molar-refractivity contribution in [3.05, 3.63) is 41.6 Å². The molecule has 0 saturated heterocycles. The van der Waals surface area contributed by atoms with Crippen LogP contribution in [0.3, 0.4) is 0 Å². The van der Waals surface area contributed by atoms with Gasteiger partial charge in [0.2, 0.25) is 5.95 Å². The molecule has 1 heterocycles. The van der Waals surface area contributed by atoms with Gasteiger partial charge in [0.15, 0.2) is 5.78 Å². The Morgan fingerprint density at radius 1 is 1.27 bits per heavy atom. The van der Waals surface area contributed by atoms with Crippen LogP contribution in [-0.4, -0.2) is 28.8 Å². The van der Waals surface area contributed by atoms with E-state index in [1.807, 2.05) is 12.1 Å². The van der Waals surface area contributed by atoms with Gasteiger partial charge in [0, 0.05) is 24.2 Å². The highest BCUT2D eigenvalue weighted by Gasteiger charge is 2.06. The summed E-state index contributed by atoms with van der Waals surface area (Å²) in [5.74, 6) is 7.44. The molecule has 1 aromatic carbocycles.